The van der Waals surface area contributed by atoms with Gasteiger partial charge in [-0.1, -0.05) is 18.2 Å². The minimum Gasteiger partial charge on any atom is -0.497 e. The van der Waals surface area contributed by atoms with E-state index in [1.807, 2.05) is 24.3 Å². The van der Waals surface area contributed by atoms with Crippen LogP contribution in [0.3, 0.4) is 0 Å². The van der Waals surface area contributed by atoms with Crippen LogP contribution in [0.4, 0.5) is 11.5 Å². The summed E-state index contributed by atoms with van der Waals surface area (Å²) in [4.78, 5) is 11.1. The van der Waals surface area contributed by atoms with Crippen LogP contribution in [0.15, 0.2) is 65.1 Å². The van der Waals surface area contributed by atoms with E-state index in [9.17, 15) is 0 Å². The zero-order valence-electron chi connectivity index (χ0n) is 14.4. The summed E-state index contributed by atoms with van der Waals surface area (Å²) in [7, 11) is 1.67. The zero-order chi connectivity index (χ0) is 17.9. The molecule has 1 N–H and O–H groups in total. The molecule has 0 aliphatic rings. The molecule has 0 aliphatic carbocycles. The first kappa shape index (κ1) is 16.9. The SMILES string of the molecule is COc1ccc(-c2csc3ncnc(Nc4cccc(SC)c4)c23)cc1. The molecule has 0 amide bonds. The van der Waals surface area contributed by atoms with Crippen LogP contribution in [-0.2, 0) is 0 Å². The Balaban J connectivity index is 1.78. The largest absolute Gasteiger partial charge is 0.497 e. The molecule has 130 valence electrons. The molecular formula is C20H17N3OS2. The Hall–Kier alpha value is -2.57. The monoisotopic (exact) mass is 379 g/mol. The molecule has 4 nitrogen and oxygen atoms in total. The molecule has 26 heavy (non-hydrogen) atoms. The Bertz CT molecular complexity index is 1040. The normalized spacial score (nSPS) is 10.8. The van der Waals surface area contributed by atoms with Gasteiger partial charge in [0.15, 0.2) is 0 Å². The number of anilines is 2. The molecule has 2 aromatic heterocycles. The fraction of sp³-hybridized carbons (Fsp3) is 0.100. The molecule has 0 fully saturated rings. The molecule has 6 heteroatoms. The molecule has 4 rings (SSSR count). The van der Waals surface area contributed by atoms with E-state index in [4.69, 9.17) is 4.74 Å². The Morgan fingerprint density at radius 2 is 1.92 bits per heavy atom. The summed E-state index contributed by atoms with van der Waals surface area (Å²) in [5, 5.41) is 6.63. The molecule has 0 aliphatic heterocycles. The lowest BCUT2D eigenvalue weighted by atomic mass is 10.1. The maximum atomic E-state index is 5.26. The summed E-state index contributed by atoms with van der Waals surface area (Å²) >= 11 is 3.34. The van der Waals surface area contributed by atoms with Gasteiger partial charge in [0.2, 0.25) is 0 Å². The summed E-state index contributed by atoms with van der Waals surface area (Å²) < 4.78 is 5.26. The number of benzene rings is 2. The van der Waals surface area contributed by atoms with Crippen LogP contribution in [0.1, 0.15) is 0 Å². The molecule has 0 atom stereocenters. The summed E-state index contributed by atoms with van der Waals surface area (Å²) in [5.41, 5.74) is 3.26. The predicted molar refractivity (Wildman–Crippen MR) is 111 cm³/mol. The van der Waals surface area contributed by atoms with Gasteiger partial charge in [-0.2, -0.15) is 0 Å². The fourth-order valence-corrected chi connectivity index (χ4v) is 4.17. The highest BCUT2D eigenvalue weighted by Crippen LogP contribution is 2.38. The van der Waals surface area contributed by atoms with Crippen LogP contribution in [0.25, 0.3) is 21.3 Å². The van der Waals surface area contributed by atoms with Gasteiger partial charge in [-0.05, 0) is 42.2 Å². The van der Waals surface area contributed by atoms with Crippen LogP contribution in [0.2, 0.25) is 0 Å². The smallest absolute Gasteiger partial charge is 0.143 e. The third kappa shape index (κ3) is 3.25. The lowest BCUT2D eigenvalue weighted by molar-refractivity contribution is 0.415. The topological polar surface area (TPSA) is 47.0 Å². The molecule has 0 saturated heterocycles. The van der Waals surface area contributed by atoms with Crippen LogP contribution >= 0.6 is 23.1 Å². The Morgan fingerprint density at radius 1 is 1.08 bits per heavy atom. The van der Waals surface area contributed by atoms with Gasteiger partial charge in [0.05, 0.1) is 12.5 Å². The van der Waals surface area contributed by atoms with E-state index in [1.165, 1.54) is 4.90 Å². The summed E-state index contributed by atoms with van der Waals surface area (Å²) in [6, 6.07) is 16.4. The molecule has 0 bridgehead atoms. The first-order valence-corrected chi connectivity index (χ1v) is 10.2. The van der Waals surface area contributed by atoms with Gasteiger partial charge in [-0.15, -0.1) is 23.1 Å². The second-order valence-corrected chi connectivity index (χ2v) is 7.38. The molecule has 0 saturated carbocycles. The number of hydrogen-bond acceptors (Lipinski definition) is 6. The van der Waals surface area contributed by atoms with Gasteiger partial charge in [0, 0.05) is 21.5 Å². The van der Waals surface area contributed by atoms with Gasteiger partial charge in [-0.3, -0.25) is 0 Å². The average molecular weight is 380 g/mol. The molecule has 2 heterocycles. The quantitative estimate of drug-likeness (QED) is 0.442. The number of thioether (sulfide) groups is 1. The average Bonchev–Trinajstić information content (AvgIpc) is 3.13. The van der Waals surface area contributed by atoms with Crippen molar-refractivity contribution in [2.75, 3.05) is 18.7 Å². The van der Waals surface area contributed by atoms with Crippen LogP contribution in [0, 0.1) is 0 Å². The highest BCUT2D eigenvalue weighted by molar-refractivity contribution is 7.98. The van der Waals surface area contributed by atoms with E-state index < -0.39 is 0 Å². The van der Waals surface area contributed by atoms with E-state index in [-0.39, 0.29) is 0 Å². The number of rotatable bonds is 5. The fourth-order valence-electron chi connectivity index (χ4n) is 2.79. The number of fused-ring (bicyclic) bond motifs is 1. The van der Waals surface area contributed by atoms with E-state index in [0.29, 0.717) is 0 Å². The van der Waals surface area contributed by atoms with Gasteiger partial charge in [0.1, 0.15) is 22.7 Å². The third-order valence-corrected chi connectivity index (χ3v) is 5.72. The van der Waals surface area contributed by atoms with Gasteiger partial charge in [-0.25, -0.2) is 9.97 Å². The van der Waals surface area contributed by atoms with Crippen molar-refractivity contribution in [1.82, 2.24) is 9.97 Å². The lowest BCUT2D eigenvalue weighted by Gasteiger charge is -2.09. The van der Waals surface area contributed by atoms with Crippen molar-refractivity contribution in [3.8, 4) is 16.9 Å². The molecule has 0 unspecified atom stereocenters. The van der Waals surface area contributed by atoms with Crippen LogP contribution in [-0.4, -0.2) is 23.3 Å². The summed E-state index contributed by atoms with van der Waals surface area (Å²) in [6.07, 6.45) is 3.68. The van der Waals surface area contributed by atoms with Gasteiger partial charge in [0.25, 0.3) is 0 Å². The molecule has 2 aromatic carbocycles. The maximum absolute atomic E-state index is 5.26. The Kier molecular flexibility index (Phi) is 4.77. The third-order valence-electron chi connectivity index (χ3n) is 4.10. The second-order valence-electron chi connectivity index (χ2n) is 5.64. The number of thiophene rings is 1. The molecule has 0 spiro atoms. The van der Waals surface area contributed by atoms with Crippen molar-refractivity contribution in [2.24, 2.45) is 0 Å². The number of hydrogen-bond donors (Lipinski definition) is 1. The summed E-state index contributed by atoms with van der Waals surface area (Å²) in [6.45, 7) is 0. The van der Waals surface area contributed by atoms with Crippen LogP contribution < -0.4 is 10.1 Å². The molecular weight excluding hydrogens is 362 g/mol. The first-order chi connectivity index (χ1) is 12.8. The predicted octanol–water partition coefficient (Wildman–Crippen LogP) is 5.83. The lowest BCUT2D eigenvalue weighted by Crippen LogP contribution is -1.95. The van der Waals surface area contributed by atoms with E-state index in [1.54, 1.807) is 36.5 Å². The number of aromatic nitrogens is 2. The van der Waals surface area contributed by atoms with E-state index in [2.05, 4.69) is 51.2 Å². The minimum absolute atomic E-state index is 0.820. The number of nitrogens with one attached hydrogen (secondary N) is 1. The molecule has 4 aromatic rings. The van der Waals surface area contributed by atoms with Crippen LogP contribution in [0.5, 0.6) is 5.75 Å². The Labute approximate surface area is 160 Å². The number of ether oxygens (including phenoxy) is 1. The minimum atomic E-state index is 0.820. The van der Waals surface area contributed by atoms with Crippen molar-refractivity contribution in [3.05, 3.63) is 60.2 Å². The van der Waals surface area contributed by atoms with Crippen molar-refractivity contribution < 1.29 is 4.74 Å². The number of methoxy groups -OCH3 is 1. The Morgan fingerprint density at radius 3 is 2.69 bits per heavy atom. The summed E-state index contributed by atoms with van der Waals surface area (Å²) in [5.74, 6) is 1.66. The van der Waals surface area contributed by atoms with Crippen molar-refractivity contribution >= 4 is 44.8 Å². The zero-order valence-corrected chi connectivity index (χ0v) is 16.0. The number of nitrogens with zero attached hydrogens (tertiary/aromatic N) is 2. The van der Waals surface area contributed by atoms with Gasteiger partial charge < -0.3 is 10.1 Å². The molecule has 0 radical (unpaired) electrons. The van der Waals surface area contributed by atoms with Crippen molar-refractivity contribution in [2.45, 2.75) is 4.90 Å². The van der Waals surface area contributed by atoms with E-state index >= 15 is 0 Å². The second kappa shape index (κ2) is 7.35. The van der Waals surface area contributed by atoms with Crippen molar-refractivity contribution in [1.29, 1.82) is 0 Å². The highest BCUT2D eigenvalue weighted by atomic mass is 32.2. The standard InChI is InChI=1S/C20H17N3OS2/c1-24-15-8-6-13(7-9-15)17-11-26-20-18(17)19(21-12-22-20)23-14-4-3-5-16(10-14)25-2/h3-12H,1-2H3,(H,21,22,23). The highest BCUT2D eigenvalue weighted by Gasteiger charge is 2.13. The first-order valence-electron chi connectivity index (χ1n) is 8.06. The van der Waals surface area contributed by atoms with Crippen molar-refractivity contribution in [3.63, 3.8) is 0 Å². The maximum Gasteiger partial charge on any atom is 0.143 e. The van der Waals surface area contributed by atoms with E-state index in [0.717, 1.165) is 38.6 Å². The van der Waals surface area contributed by atoms with Gasteiger partial charge >= 0.3 is 0 Å².